The zero-order chi connectivity index (χ0) is 77.0. The van der Waals surface area contributed by atoms with Crippen LogP contribution in [0.2, 0.25) is 0 Å². The van der Waals surface area contributed by atoms with E-state index in [1.165, 1.54) is 10.9 Å². The third-order valence-corrected chi connectivity index (χ3v) is 17.8. The van der Waals surface area contributed by atoms with Crippen molar-refractivity contribution < 1.29 is 52.6 Å². The Morgan fingerprint density at radius 1 is 0.447 bits per heavy atom. The molecule has 2 heterocycles. The number of imidazole rings is 1. The van der Waals surface area contributed by atoms with Gasteiger partial charge in [-0.15, -0.1) is 11.8 Å². The predicted molar refractivity (Wildman–Crippen MR) is 396 cm³/mol. The van der Waals surface area contributed by atoms with Crippen LogP contribution >= 0.6 is 11.8 Å². The summed E-state index contributed by atoms with van der Waals surface area (Å²) >= 11 is 1.15. The van der Waals surface area contributed by atoms with Gasteiger partial charge in [-0.05, 0) is 89.9 Å². The first-order valence-electron chi connectivity index (χ1n) is 34.2. The number of fused-ring (bicyclic) bond motifs is 1. The number of amides is 1. The highest BCUT2D eigenvalue weighted by molar-refractivity contribution is 7.99. The number of Topliss-reactive ketones (excluding diaryl/α,β-unsaturated/α-hetero) is 7. The Labute approximate surface area is 602 Å². The van der Waals surface area contributed by atoms with Crippen molar-refractivity contribution in [2.24, 2.45) is 168 Å². The number of hydrogen-bond acceptors (Lipinski definition) is 23. The van der Waals surface area contributed by atoms with Gasteiger partial charge < -0.3 is 101 Å². The lowest BCUT2D eigenvalue weighted by Crippen LogP contribution is -2.32. The number of carbonyl (C=O) groups is 9. The van der Waals surface area contributed by atoms with Gasteiger partial charge in [-0.3, -0.25) is 92.4 Å². The Morgan fingerprint density at radius 3 is 1.04 bits per heavy atom. The summed E-state index contributed by atoms with van der Waals surface area (Å²) in [6, 6.07) is 0. The van der Waals surface area contributed by atoms with Gasteiger partial charge in [0, 0.05) is 144 Å². The van der Waals surface area contributed by atoms with Crippen molar-refractivity contribution in [3.8, 4) is 0 Å². The van der Waals surface area contributed by atoms with Gasteiger partial charge in [0.15, 0.2) is 52.9 Å². The number of nitrogens with one attached hydrogen (secondary N) is 1. The zero-order valence-corrected chi connectivity index (χ0v) is 59.9. The average molecular weight is 1470 g/mol. The Balaban J connectivity index is 2.51. The van der Waals surface area contributed by atoms with Crippen LogP contribution in [0, 0.1) is 47.3 Å². The van der Waals surface area contributed by atoms with E-state index in [1.807, 2.05) is 0 Å². The zero-order valence-electron chi connectivity index (χ0n) is 59.0. The number of ketones is 7. The first-order valence-corrected chi connectivity index (χ1v) is 35.3. The number of aliphatic imine (C=N–C) groups is 7. The number of aromatic amines is 1. The molecular weight excluding hydrogens is 1360 g/mol. The predicted octanol–water partition coefficient (Wildman–Crippen LogP) is -3.52. The van der Waals surface area contributed by atoms with Crippen molar-refractivity contribution in [2.75, 3.05) is 76.3 Å². The van der Waals surface area contributed by atoms with Crippen LogP contribution in [0.5, 0.6) is 0 Å². The van der Waals surface area contributed by atoms with E-state index < -0.39 is 119 Å². The fourth-order valence-electron chi connectivity index (χ4n) is 11.2. The number of thioether (sulfide) groups is 1. The van der Waals surface area contributed by atoms with Gasteiger partial charge in [0.25, 0.3) is 5.56 Å². The molecule has 2 rings (SSSR count). The van der Waals surface area contributed by atoms with Crippen molar-refractivity contribution in [2.45, 2.75) is 148 Å². The minimum absolute atomic E-state index is 0.00633. The van der Waals surface area contributed by atoms with Crippen molar-refractivity contribution in [1.82, 2.24) is 19.5 Å². The van der Waals surface area contributed by atoms with Crippen LogP contribution in [0.25, 0.3) is 11.2 Å². The van der Waals surface area contributed by atoms with Gasteiger partial charge in [-0.1, -0.05) is 6.92 Å². The van der Waals surface area contributed by atoms with Crippen molar-refractivity contribution in [3.05, 3.63) is 16.7 Å². The number of carbonyl (C=O) groups excluding carboxylic acids is 9. The third kappa shape index (κ3) is 39.1. The summed E-state index contributed by atoms with van der Waals surface area (Å²) in [6.45, 7) is 2.18. The Morgan fingerprint density at radius 2 is 0.738 bits per heavy atom. The summed E-state index contributed by atoms with van der Waals surface area (Å²) in [5.41, 5.74) is 89.6. The van der Waals surface area contributed by atoms with E-state index >= 15 is 4.79 Å². The quantitative estimate of drug-likeness (QED) is 0.0132. The number of nitrogen functional groups attached to an aromatic ring is 1. The largest absolute Gasteiger partial charge is 0.463 e. The molecule has 0 saturated carbocycles. The van der Waals surface area contributed by atoms with Crippen molar-refractivity contribution >= 4 is 123 Å². The number of primary amides is 1. The van der Waals surface area contributed by atoms with Gasteiger partial charge in [0.05, 0.1) is 18.7 Å². The molecule has 0 aromatic carbocycles. The molecule has 8 atom stereocenters. The second kappa shape index (κ2) is 49.5. The molecule has 576 valence electrons. The molecule has 103 heavy (non-hydrogen) atoms. The molecule has 2 aromatic rings. The van der Waals surface area contributed by atoms with Crippen LogP contribution < -0.4 is 97.3 Å². The maximum atomic E-state index is 15.0. The summed E-state index contributed by atoms with van der Waals surface area (Å²) < 4.78 is 12.3. The van der Waals surface area contributed by atoms with E-state index in [9.17, 15) is 43.2 Å². The number of aromatic nitrogens is 4. The number of anilines is 1. The van der Waals surface area contributed by atoms with E-state index in [0.29, 0.717) is 6.42 Å². The van der Waals surface area contributed by atoms with Gasteiger partial charge >= 0.3 is 5.97 Å². The number of nitrogens with two attached hydrogens (primary N) is 16. The van der Waals surface area contributed by atoms with Crippen LogP contribution in [0.1, 0.15) is 142 Å². The molecule has 0 saturated heterocycles. The lowest BCUT2D eigenvalue weighted by molar-refractivity contribution is -0.142. The highest BCUT2D eigenvalue weighted by Crippen LogP contribution is 2.31. The lowest BCUT2D eigenvalue weighted by atomic mass is 9.78. The second-order valence-electron chi connectivity index (χ2n) is 25.1. The smallest absolute Gasteiger partial charge is 0.315 e. The number of nitrogens with zero attached hydrogens (tertiary/aromatic N) is 10. The van der Waals surface area contributed by atoms with Gasteiger partial charge in [-0.25, -0.2) is 4.98 Å². The second-order valence-corrected chi connectivity index (χ2v) is 26.2. The SMILES string of the molecule is C[C@@H](CSCC(=O)OCCOCn1cnc2c(=O)[nH]c(N)nc21)C(=O)CC(CCCN=C(N)N)C(=O)CC(CCCN=C(N)N)C(=O)CC(CCCN=C(N)N)C(=O)CC(CCCN=C(N)N)C(=O)CC(CCCN=C(N)N)C(=O)CC(CCCN=C(N)N)C(=O)CC(CCCN=C(N)N)C(N)=O. The van der Waals surface area contributed by atoms with Gasteiger partial charge in [0.2, 0.25) is 11.9 Å². The number of esters is 1. The number of H-pyrrole nitrogens is 1. The monoisotopic (exact) mass is 1470 g/mol. The van der Waals surface area contributed by atoms with E-state index in [-0.39, 0.29) is 251 Å². The van der Waals surface area contributed by atoms with Crippen LogP contribution in [0.3, 0.4) is 0 Å². The topological polar surface area (TPSA) is 738 Å². The summed E-state index contributed by atoms with van der Waals surface area (Å²) in [6.07, 6.45) is 1.32. The number of rotatable bonds is 59. The van der Waals surface area contributed by atoms with Gasteiger partial charge in [0.1, 0.15) is 53.8 Å². The molecule has 2 aromatic heterocycles. The molecule has 39 nitrogen and oxygen atoms in total. The Hall–Kier alpha value is -10.0. The summed E-state index contributed by atoms with van der Waals surface area (Å²) in [4.78, 5) is 179. The highest BCUT2D eigenvalue weighted by Gasteiger charge is 2.36. The van der Waals surface area contributed by atoms with E-state index in [2.05, 4.69) is 49.9 Å². The minimum atomic E-state index is -1.07. The summed E-state index contributed by atoms with van der Waals surface area (Å²) in [5.74, 6) is -13.4. The van der Waals surface area contributed by atoms with Crippen LogP contribution in [-0.2, 0) is 59.4 Å². The third-order valence-electron chi connectivity index (χ3n) is 16.7. The lowest BCUT2D eigenvalue weighted by Gasteiger charge is -2.25. The highest BCUT2D eigenvalue weighted by atomic mass is 32.2. The van der Waals surface area contributed by atoms with Gasteiger partial charge in [-0.2, -0.15) is 4.98 Å². The molecule has 0 radical (unpaired) electrons. The molecule has 1 amide bonds. The number of ether oxygens (including phenoxy) is 2. The normalized spacial score (nSPS) is 13.4. The van der Waals surface area contributed by atoms with Crippen LogP contribution in [0.15, 0.2) is 46.1 Å². The van der Waals surface area contributed by atoms with E-state index in [4.69, 9.17) is 101 Å². The van der Waals surface area contributed by atoms with Crippen molar-refractivity contribution in [3.63, 3.8) is 0 Å². The standard InChI is InChI=1S/C63H111N27O12S/c1-36(32-103-33-51(98)102-24-23-101-35-90-34-87-52-54(90)88-63(79)89-55(52)100)44(91)25-37(9-2-16-80-56(65)66)45(92)26-38(10-3-17-81-57(67)68)46(93)27-39(11-4-18-82-58(69)70)47(94)28-40(12-5-19-83-59(71)72)48(95)29-41(13-6-20-84-60(73)74)49(96)30-42(14-7-21-85-61(75)76)50(97)31-43(53(64)99)15-8-22-86-62(77)78/h34,36-43H,2-33,35H2,1H3,(H2,64,99)(H4,65,66,80)(H4,67,68,81)(H4,69,70,82)(H4,71,72,83)(H4,73,74,84)(H4,75,76,85)(H4,77,78,86)(H3,79,88,89,100)/t36-,37?,38?,39?,40?,41?,42?,43?/m0/s1. The Bertz CT molecular complexity index is 3340. The molecule has 0 aliphatic heterocycles. The van der Waals surface area contributed by atoms with Crippen LogP contribution in [-0.4, -0.2) is 184 Å². The summed E-state index contributed by atoms with van der Waals surface area (Å²) in [7, 11) is 0. The molecule has 0 spiro atoms. The molecule has 0 bridgehead atoms. The molecule has 7 unspecified atom stereocenters. The molecular formula is C63H111N27O12S. The maximum absolute atomic E-state index is 15.0. The molecule has 33 N–H and O–H groups in total. The minimum Gasteiger partial charge on any atom is -0.463 e. The molecule has 0 aliphatic rings. The first kappa shape index (κ1) is 89.1. The summed E-state index contributed by atoms with van der Waals surface area (Å²) in [5, 5.41) is 0. The molecule has 40 heteroatoms. The van der Waals surface area contributed by atoms with E-state index in [0.717, 1.165) is 11.8 Å². The average Bonchev–Trinajstić information content (AvgIpc) is 1.66. The fourth-order valence-corrected chi connectivity index (χ4v) is 12.1. The first-order chi connectivity index (χ1) is 48.8. The fraction of sp³-hybridized carbons (Fsp3) is 0.667. The molecule has 0 aliphatic carbocycles. The van der Waals surface area contributed by atoms with Crippen molar-refractivity contribution in [1.29, 1.82) is 0 Å². The molecule has 0 fully saturated rings. The number of guanidine groups is 7. The van der Waals surface area contributed by atoms with Crippen LogP contribution in [0.4, 0.5) is 5.95 Å². The Kier molecular flexibility index (Phi) is 42.8. The van der Waals surface area contributed by atoms with E-state index in [1.54, 1.807) is 6.92 Å². The number of hydrogen-bond donors (Lipinski definition) is 17. The maximum Gasteiger partial charge on any atom is 0.315 e.